The van der Waals surface area contributed by atoms with Crippen molar-refractivity contribution in [2.45, 2.75) is 5.16 Å². The molecule has 142 valence electrons. The highest BCUT2D eigenvalue weighted by molar-refractivity contribution is 9.10. The quantitative estimate of drug-likeness (QED) is 0.240. The molecule has 8 nitrogen and oxygen atoms in total. The van der Waals surface area contributed by atoms with E-state index in [0.717, 1.165) is 10.0 Å². The molecule has 0 atom stereocenters. The summed E-state index contributed by atoms with van der Waals surface area (Å²) in [7, 11) is 0. The van der Waals surface area contributed by atoms with Gasteiger partial charge in [0.15, 0.2) is 17.3 Å². The van der Waals surface area contributed by atoms with Crippen LogP contribution in [0.3, 0.4) is 0 Å². The third-order valence-corrected chi connectivity index (χ3v) is 5.12. The standard InChI is InChI=1S/C18H14BrN5O3S/c19-13-4-1-11(2-5-13)8-20-22-17-21-18(24-23-17)28-9-14(25)12-3-6-15-16(7-12)27-10-26-15/h1-8H,9-10H2,(H2,21,22,23,24)/b20-8-. The summed E-state index contributed by atoms with van der Waals surface area (Å²) in [5, 5.41) is 11.4. The van der Waals surface area contributed by atoms with E-state index >= 15 is 0 Å². The average molecular weight is 460 g/mol. The molecule has 1 aromatic heterocycles. The molecule has 2 aromatic carbocycles. The second-order valence-electron chi connectivity index (χ2n) is 5.67. The number of halogens is 1. The fourth-order valence-corrected chi connectivity index (χ4v) is 3.32. The van der Waals surface area contributed by atoms with Crippen LogP contribution in [0.15, 0.2) is 57.2 Å². The first kappa shape index (κ1) is 18.5. The maximum atomic E-state index is 12.4. The van der Waals surface area contributed by atoms with Crippen LogP contribution in [0.2, 0.25) is 0 Å². The Morgan fingerprint density at radius 2 is 2.07 bits per heavy atom. The van der Waals surface area contributed by atoms with Crippen LogP contribution >= 0.6 is 27.7 Å². The van der Waals surface area contributed by atoms with Gasteiger partial charge < -0.3 is 9.47 Å². The van der Waals surface area contributed by atoms with E-state index in [1.165, 1.54) is 11.8 Å². The second kappa shape index (κ2) is 8.44. The number of carbonyl (C=O) groups is 1. The van der Waals surface area contributed by atoms with Crippen molar-refractivity contribution in [2.75, 3.05) is 18.0 Å². The molecule has 0 amide bonds. The molecule has 0 bridgehead atoms. The molecule has 4 rings (SSSR count). The molecule has 0 radical (unpaired) electrons. The molecule has 0 saturated carbocycles. The average Bonchev–Trinajstić information content (AvgIpc) is 3.36. The highest BCUT2D eigenvalue weighted by atomic mass is 79.9. The molecule has 3 aromatic rings. The number of fused-ring (bicyclic) bond motifs is 1. The summed E-state index contributed by atoms with van der Waals surface area (Å²) in [5.41, 5.74) is 4.28. The summed E-state index contributed by atoms with van der Waals surface area (Å²) >= 11 is 4.62. The van der Waals surface area contributed by atoms with Crippen LogP contribution in [0.5, 0.6) is 11.5 Å². The topological polar surface area (TPSA) is 101 Å². The van der Waals surface area contributed by atoms with Crippen LogP contribution in [0.4, 0.5) is 5.95 Å². The van der Waals surface area contributed by atoms with Crippen molar-refractivity contribution in [3.63, 3.8) is 0 Å². The molecular weight excluding hydrogens is 446 g/mol. The summed E-state index contributed by atoms with van der Waals surface area (Å²) in [6.45, 7) is 0.180. The third kappa shape index (κ3) is 4.52. The van der Waals surface area contributed by atoms with Gasteiger partial charge in [0.25, 0.3) is 0 Å². The van der Waals surface area contributed by atoms with Crippen molar-refractivity contribution in [1.82, 2.24) is 15.2 Å². The van der Waals surface area contributed by atoms with E-state index in [2.05, 4.69) is 41.6 Å². The monoisotopic (exact) mass is 459 g/mol. The van der Waals surface area contributed by atoms with Crippen molar-refractivity contribution < 1.29 is 14.3 Å². The largest absolute Gasteiger partial charge is 0.454 e. The van der Waals surface area contributed by atoms with Gasteiger partial charge >= 0.3 is 0 Å². The van der Waals surface area contributed by atoms with Gasteiger partial charge in [-0.15, -0.1) is 5.10 Å². The first-order chi connectivity index (χ1) is 13.7. The van der Waals surface area contributed by atoms with E-state index in [0.29, 0.717) is 28.2 Å². The molecule has 0 fully saturated rings. The number of hydrazone groups is 1. The Labute approximate surface area is 172 Å². The lowest BCUT2D eigenvalue weighted by Gasteiger charge is -2.01. The van der Waals surface area contributed by atoms with Crippen LogP contribution in [0.1, 0.15) is 15.9 Å². The summed E-state index contributed by atoms with van der Waals surface area (Å²) in [6, 6.07) is 12.9. The molecule has 1 aliphatic heterocycles. The highest BCUT2D eigenvalue weighted by Crippen LogP contribution is 2.33. The zero-order chi connectivity index (χ0) is 19.3. The Balaban J connectivity index is 1.29. The van der Waals surface area contributed by atoms with Gasteiger partial charge in [-0.2, -0.15) is 10.1 Å². The van der Waals surface area contributed by atoms with Crippen molar-refractivity contribution in [2.24, 2.45) is 5.10 Å². The lowest BCUT2D eigenvalue weighted by molar-refractivity contribution is 0.102. The fraction of sp³-hybridized carbons (Fsp3) is 0.111. The van der Waals surface area contributed by atoms with Crippen molar-refractivity contribution in [3.8, 4) is 11.5 Å². The van der Waals surface area contributed by atoms with Crippen LogP contribution in [0, 0.1) is 0 Å². The minimum absolute atomic E-state index is 0.0455. The van der Waals surface area contributed by atoms with Gasteiger partial charge in [-0.25, -0.2) is 10.5 Å². The number of nitrogens with zero attached hydrogens (tertiary/aromatic N) is 3. The number of aromatic amines is 1. The van der Waals surface area contributed by atoms with Crippen molar-refractivity contribution >= 4 is 45.6 Å². The van der Waals surface area contributed by atoms with Gasteiger partial charge in [0.1, 0.15) is 0 Å². The Kier molecular flexibility index (Phi) is 5.58. The second-order valence-corrected chi connectivity index (χ2v) is 7.53. The first-order valence-electron chi connectivity index (χ1n) is 8.20. The van der Waals surface area contributed by atoms with E-state index in [1.54, 1.807) is 24.4 Å². The molecule has 10 heteroatoms. The summed E-state index contributed by atoms with van der Waals surface area (Å²) < 4.78 is 11.5. The zero-order valence-electron chi connectivity index (χ0n) is 14.4. The number of anilines is 1. The number of carbonyl (C=O) groups excluding carboxylic acids is 1. The van der Waals surface area contributed by atoms with Crippen LogP contribution in [-0.2, 0) is 0 Å². The highest BCUT2D eigenvalue weighted by Gasteiger charge is 2.17. The lowest BCUT2D eigenvalue weighted by atomic mass is 10.1. The SMILES string of the molecule is O=C(CSc1n[nH]c(N/N=C\c2ccc(Br)cc2)n1)c1ccc2c(c1)OCO2. The number of benzene rings is 2. The van der Waals surface area contributed by atoms with E-state index < -0.39 is 0 Å². The van der Waals surface area contributed by atoms with E-state index in [-0.39, 0.29) is 18.3 Å². The van der Waals surface area contributed by atoms with Gasteiger partial charge in [-0.05, 0) is 35.9 Å². The minimum Gasteiger partial charge on any atom is -0.454 e. The minimum atomic E-state index is -0.0455. The predicted molar refractivity (Wildman–Crippen MR) is 109 cm³/mol. The van der Waals surface area contributed by atoms with E-state index in [1.807, 2.05) is 24.3 Å². The number of nitrogens with one attached hydrogen (secondary N) is 2. The number of ketones is 1. The number of rotatable bonds is 7. The van der Waals surface area contributed by atoms with Crippen LogP contribution in [0.25, 0.3) is 0 Å². The molecule has 28 heavy (non-hydrogen) atoms. The number of Topliss-reactive ketones (excluding diaryl/α,β-unsaturated/α-hetero) is 1. The van der Waals surface area contributed by atoms with Crippen molar-refractivity contribution in [1.29, 1.82) is 0 Å². The molecule has 0 unspecified atom stereocenters. The van der Waals surface area contributed by atoms with Gasteiger partial charge in [0.2, 0.25) is 17.9 Å². The van der Waals surface area contributed by atoms with E-state index in [4.69, 9.17) is 9.47 Å². The number of ether oxygens (including phenoxy) is 2. The molecule has 2 N–H and O–H groups in total. The van der Waals surface area contributed by atoms with Crippen LogP contribution in [-0.4, -0.2) is 39.7 Å². The predicted octanol–water partition coefficient (Wildman–Crippen LogP) is 3.72. The van der Waals surface area contributed by atoms with Gasteiger partial charge in [-0.1, -0.05) is 39.8 Å². The molecule has 2 heterocycles. The number of hydrogen-bond acceptors (Lipinski definition) is 8. The molecular formula is C18H14BrN5O3S. The van der Waals surface area contributed by atoms with E-state index in [9.17, 15) is 4.79 Å². The van der Waals surface area contributed by atoms with Crippen molar-refractivity contribution in [3.05, 3.63) is 58.1 Å². The Morgan fingerprint density at radius 3 is 2.93 bits per heavy atom. The van der Waals surface area contributed by atoms with Gasteiger partial charge in [-0.3, -0.25) is 4.79 Å². The van der Waals surface area contributed by atoms with Crippen LogP contribution < -0.4 is 14.9 Å². The molecule has 0 aliphatic carbocycles. The molecule has 0 saturated heterocycles. The molecule has 1 aliphatic rings. The summed E-state index contributed by atoms with van der Waals surface area (Å²) in [6.07, 6.45) is 1.67. The van der Waals surface area contributed by atoms with Gasteiger partial charge in [0.05, 0.1) is 12.0 Å². The Bertz CT molecular complexity index is 1020. The summed E-state index contributed by atoms with van der Waals surface area (Å²) in [5.74, 6) is 1.79. The smallest absolute Gasteiger partial charge is 0.240 e. The third-order valence-electron chi connectivity index (χ3n) is 3.75. The number of aromatic nitrogens is 3. The zero-order valence-corrected chi connectivity index (χ0v) is 16.8. The number of H-pyrrole nitrogens is 1. The maximum Gasteiger partial charge on any atom is 0.240 e. The Hall–Kier alpha value is -2.85. The molecule has 0 spiro atoms. The first-order valence-corrected chi connectivity index (χ1v) is 9.98. The fourth-order valence-electron chi connectivity index (χ4n) is 2.36. The summed E-state index contributed by atoms with van der Waals surface area (Å²) in [4.78, 5) is 16.6. The Morgan fingerprint density at radius 1 is 1.25 bits per heavy atom. The lowest BCUT2D eigenvalue weighted by Crippen LogP contribution is -2.02. The number of thioether (sulfide) groups is 1. The normalized spacial score (nSPS) is 12.5. The van der Waals surface area contributed by atoms with Gasteiger partial charge in [0, 0.05) is 10.0 Å². The maximum absolute atomic E-state index is 12.4. The number of hydrogen-bond donors (Lipinski definition) is 2.